The predicted octanol–water partition coefficient (Wildman–Crippen LogP) is 2.59. The highest BCUT2D eigenvalue weighted by atomic mass is 16.5. The van der Waals surface area contributed by atoms with Crippen molar-refractivity contribution in [3.8, 4) is 0 Å². The Morgan fingerprint density at radius 1 is 1.22 bits per heavy atom. The molecule has 1 aliphatic rings. The molecule has 0 saturated heterocycles. The number of rotatable bonds is 4. The molecule has 0 saturated carbocycles. The molecule has 0 aliphatic carbocycles. The van der Waals surface area contributed by atoms with Gasteiger partial charge in [0.15, 0.2) is 6.10 Å². The van der Waals surface area contributed by atoms with Crippen LogP contribution >= 0.6 is 0 Å². The Morgan fingerprint density at radius 3 is 2.85 bits per heavy atom. The molecule has 0 fully saturated rings. The van der Waals surface area contributed by atoms with Crippen molar-refractivity contribution >= 4 is 28.6 Å². The fourth-order valence-electron chi connectivity index (χ4n) is 3.40. The van der Waals surface area contributed by atoms with Gasteiger partial charge in [-0.1, -0.05) is 23.4 Å². The summed E-state index contributed by atoms with van der Waals surface area (Å²) in [6, 6.07) is 12.9. The normalized spacial score (nSPS) is 14.2. The van der Waals surface area contributed by atoms with E-state index in [9.17, 15) is 9.59 Å². The average Bonchev–Trinajstić information content (AvgIpc) is 3.30. The van der Waals surface area contributed by atoms with Crippen LogP contribution in [-0.2, 0) is 22.5 Å². The van der Waals surface area contributed by atoms with Gasteiger partial charge in [-0.25, -0.2) is 9.48 Å². The van der Waals surface area contributed by atoms with E-state index in [1.54, 1.807) is 34.7 Å². The van der Waals surface area contributed by atoms with Crippen LogP contribution < -0.4 is 4.90 Å². The summed E-state index contributed by atoms with van der Waals surface area (Å²) in [6.45, 7) is 4.88. The molecule has 7 nitrogen and oxygen atoms in total. The lowest BCUT2D eigenvalue weighted by atomic mass is 10.2. The summed E-state index contributed by atoms with van der Waals surface area (Å²) in [6.07, 6.45) is -0.0579. The molecule has 0 bridgehead atoms. The van der Waals surface area contributed by atoms with E-state index in [1.165, 1.54) is 0 Å². The molecule has 1 aromatic heterocycles. The first-order valence-electron chi connectivity index (χ1n) is 9.02. The Labute approximate surface area is 156 Å². The maximum atomic E-state index is 12.8. The van der Waals surface area contributed by atoms with Crippen LogP contribution in [0, 0.1) is 0 Å². The number of carbonyl (C=O) groups excluding carboxylic acids is 2. The maximum Gasteiger partial charge on any atom is 0.338 e. The van der Waals surface area contributed by atoms with E-state index < -0.39 is 12.1 Å². The second kappa shape index (κ2) is 6.83. The van der Waals surface area contributed by atoms with Gasteiger partial charge in [0.2, 0.25) is 0 Å². The van der Waals surface area contributed by atoms with E-state index in [4.69, 9.17) is 4.74 Å². The fraction of sp³-hybridized carbons (Fsp3) is 0.300. The zero-order valence-corrected chi connectivity index (χ0v) is 15.3. The molecule has 138 valence electrons. The van der Waals surface area contributed by atoms with Gasteiger partial charge in [-0.3, -0.25) is 4.79 Å². The smallest absolute Gasteiger partial charge is 0.338 e. The van der Waals surface area contributed by atoms with Crippen LogP contribution in [0.1, 0.15) is 29.8 Å². The number of hydrogen-bond donors (Lipinski definition) is 0. The van der Waals surface area contributed by atoms with Crippen LogP contribution in [0.2, 0.25) is 0 Å². The van der Waals surface area contributed by atoms with Crippen molar-refractivity contribution in [1.82, 2.24) is 15.0 Å². The van der Waals surface area contributed by atoms with E-state index >= 15 is 0 Å². The predicted molar refractivity (Wildman–Crippen MR) is 101 cm³/mol. The Morgan fingerprint density at radius 2 is 2.04 bits per heavy atom. The number of esters is 1. The van der Waals surface area contributed by atoms with Crippen molar-refractivity contribution in [2.45, 2.75) is 32.9 Å². The van der Waals surface area contributed by atoms with Crippen LogP contribution in [0.25, 0.3) is 11.0 Å². The average molecular weight is 364 g/mol. The second-order valence-electron chi connectivity index (χ2n) is 6.52. The quantitative estimate of drug-likeness (QED) is 0.665. The summed E-state index contributed by atoms with van der Waals surface area (Å²) < 4.78 is 7.17. The molecule has 7 heteroatoms. The number of aromatic nitrogens is 3. The molecule has 0 radical (unpaired) electrons. The topological polar surface area (TPSA) is 77.3 Å². The van der Waals surface area contributed by atoms with E-state index in [2.05, 4.69) is 10.3 Å². The van der Waals surface area contributed by atoms with E-state index in [0.717, 1.165) is 23.2 Å². The van der Waals surface area contributed by atoms with Crippen LogP contribution in [0.15, 0.2) is 42.5 Å². The van der Waals surface area contributed by atoms with E-state index in [1.807, 2.05) is 31.2 Å². The minimum atomic E-state index is -0.870. The third-order valence-corrected chi connectivity index (χ3v) is 4.83. The minimum Gasteiger partial charge on any atom is -0.449 e. The van der Waals surface area contributed by atoms with Gasteiger partial charge in [-0.05, 0) is 50.1 Å². The molecule has 27 heavy (non-hydrogen) atoms. The SMILES string of the molecule is CCn1nnc2cc(C(=O)O[C@@H](C)C(=O)N3CCc4ccccc43)ccc21. The zero-order chi connectivity index (χ0) is 19.0. The maximum absolute atomic E-state index is 12.8. The first-order valence-corrected chi connectivity index (χ1v) is 9.02. The van der Waals surface area contributed by atoms with Gasteiger partial charge in [0, 0.05) is 18.8 Å². The number of amides is 1. The van der Waals surface area contributed by atoms with Crippen molar-refractivity contribution in [1.29, 1.82) is 0 Å². The van der Waals surface area contributed by atoms with Crippen molar-refractivity contribution in [3.63, 3.8) is 0 Å². The molecular weight excluding hydrogens is 344 g/mol. The minimum absolute atomic E-state index is 0.216. The third-order valence-electron chi connectivity index (χ3n) is 4.83. The zero-order valence-electron chi connectivity index (χ0n) is 15.3. The highest BCUT2D eigenvalue weighted by Crippen LogP contribution is 2.28. The van der Waals surface area contributed by atoms with Gasteiger partial charge >= 0.3 is 5.97 Å². The lowest BCUT2D eigenvalue weighted by molar-refractivity contribution is -0.126. The fourth-order valence-corrected chi connectivity index (χ4v) is 3.40. The summed E-state index contributed by atoms with van der Waals surface area (Å²) >= 11 is 0. The second-order valence-corrected chi connectivity index (χ2v) is 6.52. The number of aryl methyl sites for hydroxylation is 1. The van der Waals surface area contributed by atoms with Gasteiger partial charge in [0.05, 0.1) is 11.1 Å². The highest BCUT2D eigenvalue weighted by molar-refractivity contribution is 6.01. The molecule has 0 unspecified atom stereocenters. The number of carbonyl (C=O) groups is 2. The number of para-hydroxylation sites is 1. The summed E-state index contributed by atoms with van der Waals surface area (Å²) in [5, 5.41) is 8.10. The lowest BCUT2D eigenvalue weighted by Crippen LogP contribution is -2.39. The number of fused-ring (bicyclic) bond motifs is 2. The van der Waals surface area contributed by atoms with Gasteiger partial charge < -0.3 is 9.64 Å². The van der Waals surface area contributed by atoms with Crippen molar-refractivity contribution < 1.29 is 14.3 Å². The number of hydrogen-bond acceptors (Lipinski definition) is 5. The molecule has 0 spiro atoms. The summed E-state index contributed by atoms with van der Waals surface area (Å²) in [5.41, 5.74) is 3.86. The van der Waals surface area contributed by atoms with Crippen molar-refractivity contribution in [2.75, 3.05) is 11.4 Å². The highest BCUT2D eigenvalue weighted by Gasteiger charge is 2.30. The molecule has 4 rings (SSSR count). The lowest BCUT2D eigenvalue weighted by Gasteiger charge is -2.21. The molecule has 1 atom stereocenters. The van der Waals surface area contributed by atoms with Crippen LogP contribution in [0.4, 0.5) is 5.69 Å². The molecule has 1 amide bonds. The molecule has 2 heterocycles. The summed E-state index contributed by atoms with van der Waals surface area (Å²) in [7, 11) is 0. The molecule has 2 aromatic carbocycles. The molecule has 1 aliphatic heterocycles. The number of nitrogens with zero attached hydrogens (tertiary/aromatic N) is 4. The Hall–Kier alpha value is -3.22. The summed E-state index contributed by atoms with van der Waals surface area (Å²) in [4.78, 5) is 26.9. The van der Waals surface area contributed by atoms with Crippen molar-refractivity contribution in [2.24, 2.45) is 0 Å². The van der Waals surface area contributed by atoms with Gasteiger partial charge in [0.1, 0.15) is 5.52 Å². The number of benzene rings is 2. The standard InChI is InChI=1S/C20H20N4O3/c1-3-24-18-9-8-15(12-16(18)21-22-24)20(26)27-13(2)19(25)23-11-10-14-6-4-5-7-17(14)23/h4-9,12-13H,3,10-11H2,1-2H3/t13-/m0/s1. The van der Waals surface area contributed by atoms with Crippen LogP contribution in [0.3, 0.4) is 0 Å². The molecular formula is C20H20N4O3. The number of ether oxygens (including phenoxy) is 1. The largest absolute Gasteiger partial charge is 0.449 e. The van der Waals surface area contributed by atoms with Gasteiger partial charge in [-0.15, -0.1) is 5.10 Å². The van der Waals surface area contributed by atoms with Crippen LogP contribution in [-0.4, -0.2) is 39.5 Å². The van der Waals surface area contributed by atoms with E-state index in [0.29, 0.717) is 24.2 Å². The number of anilines is 1. The van der Waals surface area contributed by atoms with Gasteiger partial charge in [-0.2, -0.15) is 0 Å². The monoisotopic (exact) mass is 364 g/mol. The Bertz CT molecular complexity index is 1030. The van der Waals surface area contributed by atoms with Crippen molar-refractivity contribution in [3.05, 3.63) is 53.6 Å². The molecule has 0 N–H and O–H groups in total. The molecule has 3 aromatic rings. The third kappa shape index (κ3) is 3.05. The summed E-state index contributed by atoms with van der Waals surface area (Å²) in [5.74, 6) is -0.761. The Kier molecular flexibility index (Phi) is 4.35. The first kappa shape index (κ1) is 17.2. The Balaban J connectivity index is 1.48. The van der Waals surface area contributed by atoms with E-state index in [-0.39, 0.29) is 5.91 Å². The first-order chi connectivity index (χ1) is 13.1. The van der Waals surface area contributed by atoms with Crippen LogP contribution in [0.5, 0.6) is 0 Å². The van der Waals surface area contributed by atoms with Gasteiger partial charge in [0.25, 0.3) is 5.91 Å².